The zero-order valence-electron chi connectivity index (χ0n) is 44.0. The SMILES string of the molecule is CO.COc1c(F)cc(F)cc1F.N=Cc1c(N[C@H]2CC[C@@H](COC[PH+]=O)O2)nc(Cl)nc1N1CC2(CCC(SCCOCCOCCOCCOCc3cn(CCOCCOCCOCCOCCC=O)nn3)CC2)C1. The van der Waals surface area contributed by atoms with E-state index in [0.717, 1.165) is 57.9 Å². The van der Waals surface area contributed by atoms with Gasteiger partial charge in [0.1, 0.15) is 35.7 Å². The molecule has 2 saturated heterocycles. The van der Waals surface area contributed by atoms with E-state index < -0.39 is 31.7 Å². The zero-order chi connectivity index (χ0) is 55.4. The van der Waals surface area contributed by atoms with Gasteiger partial charge in [0.2, 0.25) is 11.6 Å². The first-order valence-electron chi connectivity index (χ1n) is 25.5. The number of carbonyl (C=O) groups excluding carboxylic acids is 1. The van der Waals surface area contributed by atoms with Crippen LogP contribution in [0.1, 0.15) is 56.2 Å². The lowest BCUT2D eigenvalue weighted by molar-refractivity contribution is -0.109. The molecule has 3 aliphatic rings. The molecule has 0 radical (unpaired) electrons. The fraction of sp³-hybridized carbons (Fsp3) is 0.714. The van der Waals surface area contributed by atoms with E-state index >= 15 is 0 Å². The number of aromatic nitrogens is 5. The Balaban J connectivity index is 0.000000866. The minimum Gasteiger partial charge on any atom is -0.491 e. The number of hydrogen-bond donors (Lipinski definition) is 3. The second kappa shape index (κ2) is 39.6. The summed E-state index contributed by atoms with van der Waals surface area (Å²) < 4.78 is 110. The lowest BCUT2D eigenvalue weighted by Crippen LogP contribution is -2.58. The molecule has 22 nitrogen and oxygen atoms in total. The van der Waals surface area contributed by atoms with Crippen molar-refractivity contribution in [2.45, 2.75) is 75.7 Å². The topological polar surface area (TPSA) is 252 Å². The average molecular weight is 1160 g/mol. The lowest BCUT2D eigenvalue weighted by Gasteiger charge is -2.54. The molecular weight excluding hydrogens is 1080 g/mol. The summed E-state index contributed by atoms with van der Waals surface area (Å²) in [5.41, 5.74) is 1.63. The molecule has 3 atom stereocenters. The highest BCUT2D eigenvalue weighted by molar-refractivity contribution is 7.99. The number of halogens is 4. The van der Waals surface area contributed by atoms with Crippen molar-refractivity contribution in [1.82, 2.24) is 25.0 Å². The van der Waals surface area contributed by atoms with E-state index in [1.54, 1.807) is 4.68 Å². The molecule has 1 aromatic carbocycles. The highest BCUT2D eigenvalue weighted by Gasteiger charge is 2.46. The van der Waals surface area contributed by atoms with E-state index in [1.807, 2.05) is 18.0 Å². The molecule has 77 heavy (non-hydrogen) atoms. The Labute approximate surface area is 459 Å². The Hall–Kier alpha value is -3.73. The molecule has 2 aliphatic heterocycles. The first kappa shape index (κ1) is 65.8. The van der Waals surface area contributed by atoms with Gasteiger partial charge in [-0.1, -0.05) is 9.78 Å². The summed E-state index contributed by atoms with van der Waals surface area (Å²) >= 11 is 8.38. The van der Waals surface area contributed by atoms with E-state index in [1.165, 1.54) is 31.9 Å². The van der Waals surface area contributed by atoms with Gasteiger partial charge < -0.3 is 77.6 Å². The number of aliphatic hydroxyl groups excluding tert-OH is 1. The van der Waals surface area contributed by atoms with Crippen LogP contribution in [-0.4, -0.2) is 205 Å². The molecule has 3 aromatic rings. The number of hydrogen-bond acceptors (Lipinski definition) is 22. The number of thioether (sulfide) groups is 1. The maximum atomic E-state index is 12.5. The minimum atomic E-state index is -1.04. The molecule has 3 N–H and O–H groups in total. The van der Waals surface area contributed by atoms with Crippen molar-refractivity contribution in [3.05, 3.63) is 52.3 Å². The standard InChI is InChI=1S/C41H66ClN8O12PS.C7H5F3O.CH4O/c42-40-45-38(44-37-3-2-34(62-37)29-61-32-63-52)36(26-43)39(46-40)49-30-41(31-49)6-4-35(5-7-41)64-25-24-59-21-20-57-18-19-58-22-23-60-28-33-27-50(48-47-33)8-11-54-13-15-56-17-16-55-14-12-53-10-1-9-51;1-11-7-5(9)2-4(8)3-6(7)10;1-2/h9,26-27,34-35,37,43H,1-8,10-25,28-32H2,(H,44,45,46);2-3H,1H3;2H,1H3/p+1/t34-,37+;;/m0../s1. The quantitative estimate of drug-likeness (QED) is 0.0202. The molecule has 1 unspecified atom stereocenters. The van der Waals surface area contributed by atoms with Gasteiger partial charge in [0.05, 0.1) is 144 Å². The van der Waals surface area contributed by atoms with E-state index in [-0.39, 0.29) is 29.4 Å². The van der Waals surface area contributed by atoms with Crippen LogP contribution in [0.25, 0.3) is 0 Å². The van der Waals surface area contributed by atoms with Gasteiger partial charge >= 0.3 is 8.46 Å². The molecule has 434 valence electrons. The summed E-state index contributed by atoms with van der Waals surface area (Å²) in [5, 5.41) is 27.5. The third-order valence-corrected chi connectivity index (χ3v) is 13.8. The van der Waals surface area contributed by atoms with Crippen molar-refractivity contribution in [3.63, 3.8) is 0 Å². The van der Waals surface area contributed by atoms with Crippen LogP contribution in [0.3, 0.4) is 0 Å². The molecule has 0 bridgehead atoms. The van der Waals surface area contributed by atoms with Gasteiger partial charge in [0.25, 0.3) is 0 Å². The van der Waals surface area contributed by atoms with Crippen LogP contribution in [0.2, 0.25) is 5.28 Å². The molecule has 6 rings (SSSR count). The number of nitrogens with zero attached hydrogens (tertiary/aromatic N) is 6. The predicted octanol–water partition coefficient (Wildman–Crippen LogP) is 5.76. The highest BCUT2D eigenvalue weighted by atomic mass is 35.5. The number of methoxy groups -OCH3 is 1. The third kappa shape index (κ3) is 25.5. The molecular formula is C49H76ClF3N8O14PS+. The van der Waals surface area contributed by atoms with Crippen LogP contribution >= 0.6 is 31.8 Å². The number of anilines is 2. The van der Waals surface area contributed by atoms with Crippen LogP contribution < -0.4 is 15.0 Å². The Morgan fingerprint density at radius 2 is 1.42 bits per heavy atom. The smallest absolute Gasteiger partial charge is 0.353 e. The average Bonchev–Trinajstić information content (AvgIpc) is 4.11. The summed E-state index contributed by atoms with van der Waals surface area (Å²) in [6.45, 7) is 10.6. The molecule has 3 fully saturated rings. The van der Waals surface area contributed by atoms with Crippen molar-refractivity contribution in [2.24, 2.45) is 5.41 Å². The number of benzene rings is 1. The van der Waals surface area contributed by atoms with Gasteiger partial charge in [-0.2, -0.15) is 21.7 Å². The van der Waals surface area contributed by atoms with Crippen molar-refractivity contribution in [3.8, 4) is 5.75 Å². The lowest BCUT2D eigenvalue weighted by atomic mass is 9.68. The van der Waals surface area contributed by atoms with Gasteiger partial charge in [-0.05, 0) is 50.1 Å². The van der Waals surface area contributed by atoms with E-state index in [0.29, 0.717) is 160 Å². The normalized spacial score (nSPS) is 16.9. The Bertz CT molecular complexity index is 2080. The third-order valence-electron chi connectivity index (χ3n) is 11.9. The maximum absolute atomic E-state index is 12.5. The van der Waals surface area contributed by atoms with E-state index in [9.17, 15) is 22.5 Å². The molecule has 2 aromatic heterocycles. The van der Waals surface area contributed by atoms with Gasteiger partial charge in [-0.25, -0.2) is 17.9 Å². The van der Waals surface area contributed by atoms with Gasteiger partial charge in [0.15, 0.2) is 17.4 Å². The number of aliphatic hydroxyl groups is 1. The summed E-state index contributed by atoms with van der Waals surface area (Å²) in [6.07, 6.45) is 10.5. The largest absolute Gasteiger partial charge is 0.491 e. The Morgan fingerprint density at radius 1 is 0.831 bits per heavy atom. The fourth-order valence-corrected chi connectivity index (χ4v) is 9.72. The molecule has 28 heteroatoms. The maximum Gasteiger partial charge on any atom is 0.353 e. The number of aldehydes is 1. The number of rotatable bonds is 39. The number of ether oxygens (including phenoxy) is 11. The van der Waals surface area contributed by atoms with Crippen LogP contribution in [0.5, 0.6) is 5.75 Å². The number of nitrogens with one attached hydrogen (secondary N) is 2. The fourth-order valence-electron chi connectivity index (χ4n) is 8.23. The molecule has 1 aliphatic carbocycles. The molecule has 4 heterocycles. The Morgan fingerprint density at radius 3 is 2.00 bits per heavy atom. The predicted molar refractivity (Wildman–Crippen MR) is 283 cm³/mol. The van der Waals surface area contributed by atoms with Crippen molar-refractivity contribution in [2.75, 3.05) is 155 Å². The van der Waals surface area contributed by atoms with Crippen LogP contribution in [-0.2, 0) is 69.9 Å². The zero-order valence-corrected chi connectivity index (χ0v) is 46.6. The van der Waals surface area contributed by atoms with Gasteiger partial charge in [-0.3, -0.25) is 0 Å². The summed E-state index contributed by atoms with van der Waals surface area (Å²) in [7, 11) is 1.63. The summed E-state index contributed by atoms with van der Waals surface area (Å²) in [6, 6.07) is 1.11. The highest BCUT2D eigenvalue weighted by Crippen LogP contribution is 2.48. The van der Waals surface area contributed by atoms with E-state index in [2.05, 4.69) is 35.2 Å². The summed E-state index contributed by atoms with van der Waals surface area (Å²) in [4.78, 5) is 21.4. The Kier molecular flexibility index (Phi) is 33.8. The minimum absolute atomic E-state index is 0.0785. The van der Waals surface area contributed by atoms with Crippen molar-refractivity contribution in [1.29, 1.82) is 5.41 Å². The number of carbonyl (C=O) groups is 1. The van der Waals surface area contributed by atoms with Gasteiger partial charge in [-0.15, -0.1) is 5.10 Å². The first-order valence-corrected chi connectivity index (χ1v) is 28.1. The van der Waals surface area contributed by atoms with Crippen LogP contribution in [0, 0.1) is 28.3 Å². The molecule has 1 saturated carbocycles. The van der Waals surface area contributed by atoms with E-state index in [4.69, 9.17) is 69.5 Å². The second-order valence-corrected chi connectivity index (χ2v) is 19.8. The van der Waals surface area contributed by atoms with Crippen LogP contribution in [0.15, 0.2) is 18.3 Å². The second-order valence-electron chi connectivity index (χ2n) is 17.4. The van der Waals surface area contributed by atoms with Crippen molar-refractivity contribution < 1.29 is 79.7 Å². The van der Waals surface area contributed by atoms with Crippen molar-refractivity contribution >= 4 is 56.0 Å². The first-order chi connectivity index (χ1) is 37.6. The van der Waals surface area contributed by atoms with Crippen LogP contribution in [0.4, 0.5) is 24.8 Å². The molecule has 0 amide bonds. The van der Waals surface area contributed by atoms with Gasteiger partial charge in [0, 0.05) is 61.4 Å². The molecule has 1 spiro atoms. The summed E-state index contributed by atoms with van der Waals surface area (Å²) in [5.74, 6) is -1.44. The monoisotopic (exact) mass is 1160 g/mol.